The zero-order valence-corrected chi connectivity index (χ0v) is 13.6. The van der Waals surface area contributed by atoms with Crippen molar-refractivity contribution in [2.24, 2.45) is 5.92 Å². The van der Waals surface area contributed by atoms with Crippen molar-refractivity contribution in [3.05, 3.63) is 23.8 Å². The van der Waals surface area contributed by atoms with Crippen molar-refractivity contribution in [1.29, 1.82) is 0 Å². The molecule has 2 fully saturated rings. The van der Waals surface area contributed by atoms with Gasteiger partial charge in [0.25, 0.3) is 0 Å². The Hall–Kier alpha value is -1.71. The van der Waals surface area contributed by atoms with E-state index < -0.39 is 0 Å². The number of carbonyl (C=O) groups is 1. The van der Waals surface area contributed by atoms with Crippen LogP contribution < -0.4 is 10.1 Å². The number of anilines is 1. The molecule has 4 heteroatoms. The van der Waals surface area contributed by atoms with Crippen LogP contribution in [-0.4, -0.2) is 30.6 Å². The Labute approximate surface area is 132 Å². The summed E-state index contributed by atoms with van der Waals surface area (Å²) in [6.07, 6.45) is 7.53. The van der Waals surface area contributed by atoms with Crippen LogP contribution in [0.4, 0.5) is 10.5 Å². The van der Waals surface area contributed by atoms with Crippen molar-refractivity contribution >= 4 is 11.7 Å². The van der Waals surface area contributed by atoms with Gasteiger partial charge in [-0.25, -0.2) is 4.79 Å². The topological polar surface area (TPSA) is 41.6 Å². The number of rotatable bonds is 3. The fourth-order valence-corrected chi connectivity index (χ4v) is 4.03. The first-order chi connectivity index (χ1) is 10.7. The Balaban J connectivity index is 1.66. The molecule has 1 aromatic rings. The molecule has 22 heavy (non-hydrogen) atoms. The second-order valence-electron chi connectivity index (χ2n) is 6.56. The van der Waals surface area contributed by atoms with Crippen LogP contribution in [0.3, 0.4) is 0 Å². The third kappa shape index (κ3) is 3.06. The molecule has 1 aliphatic carbocycles. The molecule has 1 saturated carbocycles. The van der Waals surface area contributed by atoms with Gasteiger partial charge in [0, 0.05) is 18.3 Å². The van der Waals surface area contributed by atoms with Crippen molar-refractivity contribution in [3.8, 4) is 5.75 Å². The van der Waals surface area contributed by atoms with Crippen LogP contribution >= 0.6 is 0 Å². The summed E-state index contributed by atoms with van der Waals surface area (Å²) in [7, 11) is 1.66. The fourth-order valence-electron chi connectivity index (χ4n) is 4.03. The molecule has 0 bridgehead atoms. The van der Waals surface area contributed by atoms with Crippen molar-refractivity contribution < 1.29 is 9.53 Å². The van der Waals surface area contributed by atoms with Gasteiger partial charge in [0.1, 0.15) is 5.75 Å². The monoisotopic (exact) mass is 302 g/mol. The van der Waals surface area contributed by atoms with E-state index in [0.29, 0.717) is 12.0 Å². The average Bonchev–Trinajstić information content (AvgIpc) is 3.18. The fraction of sp³-hybridized carbons (Fsp3) is 0.611. The van der Waals surface area contributed by atoms with Crippen LogP contribution in [0.5, 0.6) is 5.75 Å². The largest absolute Gasteiger partial charge is 0.496 e. The Kier molecular flexibility index (Phi) is 4.55. The van der Waals surface area contributed by atoms with Crippen LogP contribution in [0.1, 0.15) is 44.1 Å². The predicted molar refractivity (Wildman–Crippen MR) is 88.4 cm³/mol. The zero-order valence-electron chi connectivity index (χ0n) is 13.6. The molecule has 0 aromatic heterocycles. The Morgan fingerprint density at radius 2 is 2.00 bits per heavy atom. The van der Waals surface area contributed by atoms with E-state index in [-0.39, 0.29) is 6.03 Å². The number of nitrogens with zero attached hydrogens (tertiary/aromatic N) is 1. The number of hydrogen-bond donors (Lipinski definition) is 1. The van der Waals surface area contributed by atoms with Crippen molar-refractivity contribution in [2.75, 3.05) is 19.0 Å². The summed E-state index contributed by atoms with van der Waals surface area (Å²) >= 11 is 0. The summed E-state index contributed by atoms with van der Waals surface area (Å²) < 4.78 is 5.27. The van der Waals surface area contributed by atoms with Gasteiger partial charge < -0.3 is 15.0 Å². The normalized spacial score (nSPS) is 22.1. The number of urea groups is 1. The third-order valence-electron chi connectivity index (χ3n) is 5.15. The van der Waals surface area contributed by atoms with E-state index in [1.165, 1.54) is 32.1 Å². The van der Waals surface area contributed by atoms with E-state index >= 15 is 0 Å². The summed E-state index contributed by atoms with van der Waals surface area (Å²) in [6.45, 7) is 2.88. The molecule has 1 heterocycles. The van der Waals surface area contributed by atoms with E-state index in [4.69, 9.17) is 4.74 Å². The first kappa shape index (κ1) is 15.2. The molecule has 1 unspecified atom stereocenters. The molecule has 1 aliphatic heterocycles. The van der Waals surface area contributed by atoms with E-state index in [2.05, 4.69) is 10.2 Å². The summed E-state index contributed by atoms with van der Waals surface area (Å²) in [6, 6.07) is 6.28. The second-order valence-corrected chi connectivity index (χ2v) is 6.56. The Morgan fingerprint density at radius 3 is 2.68 bits per heavy atom. The summed E-state index contributed by atoms with van der Waals surface area (Å²) in [5.41, 5.74) is 1.88. The highest BCUT2D eigenvalue weighted by atomic mass is 16.5. The highest BCUT2D eigenvalue weighted by Crippen LogP contribution is 2.35. The van der Waals surface area contributed by atoms with Crippen LogP contribution in [0.2, 0.25) is 0 Å². The number of amides is 2. The van der Waals surface area contributed by atoms with Crippen LogP contribution in [0, 0.1) is 12.8 Å². The van der Waals surface area contributed by atoms with Gasteiger partial charge in [0.05, 0.1) is 7.11 Å². The molecule has 120 valence electrons. The van der Waals surface area contributed by atoms with Gasteiger partial charge in [-0.15, -0.1) is 0 Å². The number of nitrogens with one attached hydrogen (secondary N) is 1. The minimum Gasteiger partial charge on any atom is -0.496 e. The third-order valence-corrected chi connectivity index (χ3v) is 5.15. The van der Waals surface area contributed by atoms with Crippen LogP contribution in [0.25, 0.3) is 0 Å². The maximum Gasteiger partial charge on any atom is 0.322 e. The quantitative estimate of drug-likeness (QED) is 0.909. The first-order valence-electron chi connectivity index (χ1n) is 8.41. The molecular weight excluding hydrogens is 276 g/mol. The molecular formula is C18H26N2O2. The number of likely N-dealkylation sites (tertiary alicyclic amines) is 1. The number of benzene rings is 1. The number of aryl methyl sites for hydroxylation is 1. The Morgan fingerprint density at radius 1 is 1.23 bits per heavy atom. The lowest BCUT2D eigenvalue weighted by Gasteiger charge is -2.29. The lowest BCUT2D eigenvalue weighted by atomic mass is 9.96. The molecule has 1 saturated heterocycles. The molecule has 4 nitrogen and oxygen atoms in total. The number of carbonyl (C=O) groups excluding carboxylic acids is 1. The lowest BCUT2D eigenvalue weighted by molar-refractivity contribution is 0.185. The maximum atomic E-state index is 12.6. The van der Waals surface area contributed by atoms with Gasteiger partial charge in [-0.1, -0.05) is 12.8 Å². The van der Waals surface area contributed by atoms with Gasteiger partial charge in [-0.05, 0) is 62.3 Å². The van der Waals surface area contributed by atoms with Gasteiger partial charge in [0.2, 0.25) is 0 Å². The highest BCUT2D eigenvalue weighted by Gasteiger charge is 2.35. The van der Waals surface area contributed by atoms with Crippen LogP contribution in [-0.2, 0) is 0 Å². The van der Waals surface area contributed by atoms with Crippen LogP contribution in [0.15, 0.2) is 18.2 Å². The van der Waals surface area contributed by atoms with E-state index in [0.717, 1.165) is 30.0 Å². The molecule has 2 aliphatic rings. The summed E-state index contributed by atoms with van der Waals surface area (Å²) in [4.78, 5) is 14.7. The SMILES string of the molecule is COc1ccc(NC(=O)N2CCCC2C2CCCC2)cc1C. The summed E-state index contributed by atoms with van der Waals surface area (Å²) in [5, 5.41) is 3.06. The Bertz CT molecular complexity index is 538. The molecule has 1 N–H and O–H groups in total. The van der Waals surface area contributed by atoms with Crippen molar-refractivity contribution in [3.63, 3.8) is 0 Å². The van der Waals surface area contributed by atoms with E-state index in [9.17, 15) is 4.79 Å². The maximum absolute atomic E-state index is 12.6. The summed E-state index contributed by atoms with van der Waals surface area (Å²) in [5.74, 6) is 1.56. The zero-order chi connectivity index (χ0) is 15.5. The molecule has 2 amide bonds. The van der Waals surface area contributed by atoms with Crippen molar-refractivity contribution in [1.82, 2.24) is 4.90 Å². The second kappa shape index (κ2) is 6.59. The number of hydrogen-bond acceptors (Lipinski definition) is 2. The van der Waals surface area contributed by atoms with Crippen molar-refractivity contribution in [2.45, 2.75) is 51.5 Å². The van der Waals surface area contributed by atoms with Gasteiger partial charge >= 0.3 is 6.03 Å². The molecule has 3 rings (SSSR count). The highest BCUT2D eigenvalue weighted by molar-refractivity contribution is 5.90. The number of methoxy groups -OCH3 is 1. The average molecular weight is 302 g/mol. The minimum atomic E-state index is 0.0546. The van der Waals surface area contributed by atoms with Gasteiger partial charge in [-0.2, -0.15) is 0 Å². The lowest BCUT2D eigenvalue weighted by Crippen LogP contribution is -2.41. The first-order valence-corrected chi connectivity index (χ1v) is 8.41. The minimum absolute atomic E-state index is 0.0546. The van der Waals surface area contributed by atoms with E-state index in [1.807, 2.05) is 25.1 Å². The molecule has 0 radical (unpaired) electrons. The molecule has 0 spiro atoms. The standard InChI is InChI=1S/C18H26N2O2/c1-13-12-15(9-10-17(13)22-2)19-18(21)20-11-5-8-16(20)14-6-3-4-7-14/h9-10,12,14,16H,3-8,11H2,1-2H3,(H,19,21). The number of ether oxygens (including phenoxy) is 1. The molecule has 1 aromatic carbocycles. The molecule has 1 atom stereocenters. The van der Waals surface area contributed by atoms with Gasteiger partial charge in [-0.3, -0.25) is 0 Å². The smallest absolute Gasteiger partial charge is 0.322 e. The predicted octanol–water partition coefficient (Wildman–Crippen LogP) is 4.19. The van der Waals surface area contributed by atoms with Gasteiger partial charge in [0.15, 0.2) is 0 Å². The van der Waals surface area contributed by atoms with E-state index in [1.54, 1.807) is 7.11 Å².